The van der Waals surface area contributed by atoms with Gasteiger partial charge in [0.2, 0.25) is 5.91 Å². The topological polar surface area (TPSA) is 58.6 Å². The molecule has 1 rings (SSSR count). The van der Waals surface area contributed by atoms with Crippen molar-refractivity contribution in [3.05, 3.63) is 22.7 Å². The molecule has 0 heterocycles. The average molecular weight is 292 g/mol. The molecule has 0 radical (unpaired) electrons. The van der Waals surface area contributed by atoms with Crippen LogP contribution in [-0.2, 0) is 11.3 Å². The Morgan fingerprint density at radius 2 is 2.22 bits per heavy atom. The molecule has 18 heavy (non-hydrogen) atoms. The van der Waals surface area contributed by atoms with Crippen molar-refractivity contribution >= 4 is 29.1 Å². The Balaban J connectivity index is 2.74. The summed E-state index contributed by atoms with van der Waals surface area (Å²) in [5, 5.41) is 12.5. The van der Waals surface area contributed by atoms with E-state index in [4.69, 9.17) is 27.9 Å². The Bertz CT molecular complexity index is 424. The van der Waals surface area contributed by atoms with Gasteiger partial charge in [-0.3, -0.25) is 4.79 Å². The molecule has 0 aliphatic heterocycles. The summed E-state index contributed by atoms with van der Waals surface area (Å²) < 4.78 is 5.24. The lowest BCUT2D eigenvalue weighted by Crippen LogP contribution is -2.22. The molecular weight excluding hydrogens is 277 g/mol. The zero-order chi connectivity index (χ0) is 13.5. The molecular formula is C12H15Cl2NO3. The van der Waals surface area contributed by atoms with Crippen molar-refractivity contribution in [2.75, 3.05) is 12.5 Å². The highest BCUT2D eigenvalue weighted by Gasteiger charge is 2.10. The average Bonchev–Trinajstić information content (AvgIpc) is 2.33. The minimum atomic E-state index is -0.132. The minimum absolute atomic E-state index is 0.0886. The first-order chi connectivity index (χ1) is 8.58. The van der Waals surface area contributed by atoms with Gasteiger partial charge in [0.15, 0.2) is 11.5 Å². The van der Waals surface area contributed by atoms with Gasteiger partial charge >= 0.3 is 0 Å². The van der Waals surface area contributed by atoms with Crippen LogP contribution in [0.15, 0.2) is 12.1 Å². The Labute approximate surface area is 116 Å². The van der Waals surface area contributed by atoms with Gasteiger partial charge in [0, 0.05) is 18.8 Å². The number of rotatable bonds is 6. The summed E-state index contributed by atoms with van der Waals surface area (Å²) in [6, 6.07) is 3.23. The fraction of sp³-hybridized carbons (Fsp3) is 0.417. The summed E-state index contributed by atoms with van der Waals surface area (Å²) in [6.07, 6.45) is 0.270. The number of amides is 1. The molecule has 1 aromatic carbocycles. The second-order valence-corrected chi connectivity index (χ2v) is 4.36. The van der Waals surface area contributed by atoms with E-state index in [2.05, 4.69) is 5.32 Å². The molecule has 1 aromatic rings. The number of carbonyl (C=O) groups excluding carboxylic acids is 1. The van der Waals surface area contributed by atoms with Crippen LogP contribution in [0.4, 0.5) is 0 Å². The molecule has 2 N–H and O–H groups in total. The summed E-state index contributed by atoms with van der Waals surface area (Å²) in [5.74, 6) is 0.375. The standard InChI is InChI=1S/C12H15Cl2NO3/c1-2-18-10-6-8(5-9(14)12(10)17)7-15-11(16)3-4-13/h5-6,17H,2-4,7H2,1H3,(H,15,16). The van der Waals surface area contributed by atoms with E-state index in [0.29, 0.717) is 18.9 Å². The van der Waals surface area contributed by atoms with Gasteiger partial charge in [0.25, 0.3) is 0 Å². The quantitative estimate of drug-likeness (QED) is 0.793. The number of halogens is 2. The summed E-state index contributed by atoms with van der Waals surface area (Å²) in [7, 11) is 0. The number of phenolic OH excluding ortho intramolecular Hbond substituents is 1. The summed E-state index contributed by atoms with van der Waals surface area (Å²) >= 11 is 11.3. The molecule has 0 aliphatic rings. The summed E-state index contributed by atoms with van der Waals surface area (Å²) in [4.78, 5) is 11.3. The highest BCUT2D eigenvalue weighted by Crippen LogP contribution is 2.35. The zero-order valence-corrected chi connectivity index (χ0v) is 11.5. The van der Waals surface area contributed by atoms with Gasteiger partial charge in [-0.25, -0.2) is 0 Å². The van der Waals surface area contributed by atoms with Gasteiger partial charge in [-0.15, -0.1) is 11.6 Å². The number of phenols is 1. The van der Waals surface area contributed by atoms with Gasteiger partial charge in [-0.2, -0.15) is 0 Å². The zero-order valence-electron chi connectivity index (χ0n) is 10.0. The molecule has 0 atom stereocenters. The number of aromatic hydroxyl groups is 1. The monoisotopic (exact) mass is 291 g/mol. The molecule has 0 saturated heterocycles. The van der Waals surface area contributed by atoms with Gasteiger partial charge in [-0.1, -0.05) is 11.6 Å². The van der Waals surface area contributed by atoms with Gasteiger partial charge in [0.05, 0.1) is 11.6 Å². The first-order valence-electron chi connectivity index (χ1n) is 5.55. The predicted octanol–water partition coefficient (Wildman–Crippen LogP) is 2.69. The normalized spacial score (nSPS) is 10.2. The van der Waals surface area contributed by atoms with E-state index in [-0.39, 0.29) is 29.0 Å². The third kappa shape index (κ3) is 4.27. The maximum atomic E-state index is 11.3. The van der Waals surface area contributed by atoms with Crippen LogP contribution in [0.3, 0.4) is 0 Å². The van der Waals surface area contributed by atoms with E-state index in [9.17, 15) is 9.90 Å². The van der Waals surface area contributed by atoms with E-state index in [1.165, 1.54) is 0 Å². The van der Waals surface area contributed by atoms with Crippen LogP contribution in [0.25, 0.3) is 0 Å². The molecule has 100 valence electrons. The number of ether oxygens (including phenoxy) is 1. The van der Waals surface area contributed by atoms with Crippen LogP contribution in [0.1, 0.15) is 18.9 Å². The van der Waals surface area contributed by atoms with Crippen molar-refractivity contribution in [3.63, 3.8) is 0 Å². The number of hydrogen-bond acceptors (Lipinski definition) is 3. The second kappa shape index (κ2) is 7.34. The maximum absolute atomic E-state index is 11.3. The first-order valence-corrected chi connectivity index (χ1v) is 6.46. The highest BCUT2D eigenvalue weighted by atomic mass is 35.5. The number of hydrogen-bond donors (Lipinski definition) is 2. The fourth-order valence-corrected chi connectivity index (χ4v) is 1.77. The van der Waals surface area contributed by atoms with Crippen molar-refractivity contribution in [1.29, 1.82) is 0 Å². The van der Waals surface area contributed by atoms with Crippen LogP contribution in [0, 0.1) is 0 Å². The summed E-state index contributed by atoms with van der Waals surface area (Å²) in [6.45, 7) is 2.55. The molecule has 0 aromatic heterocycles. The number of carbonyl (C=O) groups is 1. The largest absolute Gasteiger partial charge is 0.503 e. The van der Waals surface area contributed by atoms with E-state index < -0.39 is 0 Å². The van der Waals surface area contributed by atoms with Crippen molar-refractivity contribution in [2.45, 2.75) is 19.9 Å². The smallest absolute Gasteiger partial charge is 0.221 e. The van der Waals surface area contributed by atoms with Crippen LogP contribution >= 0.6 is 23.2 Å². The molecule has 0 bridgehead atoms. The molecule has 0 saturated carbocycles. The lowest BCUT2D eigenvalue weighted by atomic mass is 10.2. The van der Waals surface area contributed by atoms with Crippen LogP contribution in [0.2, 0.25) is 5.02 Å². The third-order valence-electron chi connectivity index (χ3n) is 2.20. The van der Waals surface area contributed by atoms with E-state index in [0.717, 1.165) is 5.56 Å². The molecule has 6 heteroatoms. The Kier molecular flexibility index (Phi) is 6.09. The van der Waals surface area contributed by atoms with Crippen LogP contribution < -0.4 is 10.1 Å². The predicted molar refractivity (Wildman–Crippen MR) is 71.5 cm³/mol. The summed E-state index contributed by atoms with van der Waals surface area (Å²) in [5.41, 5.74) is 0.754. The Morgan fingerprint density at radius 1 is 1.50 bits per heavy atom. The van der Waals surface area contributed by atoms with Crippen molar-refractivity contribution in [1.82, 2.24) is 5.32 Å². The molecule has 4 nitrogen and oxygen atoms in total. The van der Waals surface area contributed by atoms with E-state index >= 15 is 0 Å². The van der Waals surface area contributed by atoms with E-state index in [1.807, 2.05) is 6.92 Å². The number of nitrogens with one attached hydrogen (secondary N) is 1. The van der Waals surface area contributed by atoms with Crippen LogP contribution in [0.5, 0.6) is 11.5 Å². The highest BCUT2D eigenvalue weighted by molar-refractivity contribution is 6.32. The lowest BCUT2D eigenvalue weighted by molar-refractivity contribution is -0.120. The molecule has 0 aliphatic carbocycles. The maximum Gasteiger partial charge on any atom is 0.221 e. The van der Waals surface area contributed by atoms with Crippen molar-refractivity contribution < 1.29 is 14.6 Å². The Hall–Kier alpha value is -1.13. The SMILES string of the molecule is CCOc1cc(CNC(=O)CCCl)cc(Cl)c1O. The van der Waals surface area contributed by atoms with E-state index in [1.54, 1.807) is 12.1 Å². The molecule has 1 amide bonds. The van der Waals surface area contributed by atoms with Gasteiger partial charge in [-0.05, 0) is 24.6 Å². The molecule has 0 fully saturated rings. The number of alkyl halides is 1. The second-order valence-electron chi connectivity index (χ2n) is 3.57. The third-order valence-corrected chi connectivity index (χ3v) is 2.68. The van der Waals surface area contributed by atoms with Crippen LogP contribution in [-0.4, -0.2) is 23.5 Å². The lowest BCUT2D eigenvalue weighted by Gasteiger charge is -2.10. The fourth-order valence-electron chi connectivity index (χ4n) is 1.37. The number of benzene rings is 1. The van der Waals surface area contributed by atoms with Gasteiger partial charge in [0.1, 0.15) is 0 Å². The molecule has 0 spiro atoms. The van der Waals surface area contributed by atoms with Gasteiger partial charge < -0.3 is 15.2 Å². The molecule has 0 unspecified atom stereocenters. The Morgan fingerprint density at radius 3 is 2.83 bits per heavy atom. The van der Waals surface area contributed by atoms with Crippen molar-refractivity contribution in [2.24, 2.45) is 0 Å². The minimum Gasteiger partial charge on any atom is -0.503 e. The van der Waals surface area contributed by atoms with Crippen molar-refractivity contribution in [3.8, 4) is 11.5 Å². The first kappa shape index (κ1) is 14.9.